The summed E-state index contributed by atoms with van der Waals surface area (Å²) >= 11 is 6.00. The third-order valence-corrected chi connectivity index (χ3v) is 5.20. The summed E-state index contributed by atoms with van der Waals surface area (Å²) in [5, 5.41) is 8.42. The van der Waals surface area contributed by atoms with Gasteiger partial charge in [0.25, 0.3) is 0 Å². The molecule has 3 aromatic rings. The summed E-state index contributed by atoms with van der Waals surface area (Å²) in [5.41, 5.74) is 8.18. The lowest BCUT2D eigenvalue weighted by molar-refractivity contribution is -0.115. The summed E-state index contributed by atoms with van der Waals surface area (Å²) < 4.78 is 12.7. The average molecular weight is 426 g/mol. The minimum atomic E-state index is -0.641. The van der Waals surface area contributed by atoms with Crippen LogP contribution in [0, 0.1) is 0 Å². The second-order valence-corrected chi connectivity index (χ2v) is 7.16. The highest BCUT2D eigenvalue weighted by molar-refractivity contribution is 6.30. The maximum Gasteiger partial charge on any atom is 0.248 e. The molecule has 1 unspecified atom stereocenters. The first-order valence-corrected chi connectivity index (χ1v) is 9.53. The fourth-order valence-corrected chi connectivity index (χ4v) is 3.73. The first-order chi connectivity index (χ1) is 14.4. The van der Waals surface area contributed by atoms with Gasteiger partial charge >= 0.3 is 0 Å². The number of fused-ring (bicyclic) bond motifs is 1. The molecule has 1 aliphatic heterocycles. The highest BCUT2D eigenvalue weighted by atomic mass is 35.5. The topological polar surface area (TPSA) is 104 Å². The van der Waals surface area contributed by atoms with Crippen LogP contribution >= 0.6 is 11.6 Å². The number of benzene rings is 2. The number of anilines is 1. The largest absolute Gasteiger partial charge is 0.493 e. The third kappa shape index (κ3) is 3.25. The van der Waals surface area contributed by atoms with Gasteiger partial charge in [-0.05, 0) is 37.3 Å². The molecule has 0 radical (unpaired) electrons. The molecule has 154 valence electrons. The Hall–Kier alpha value is -3.52. The van der Waals surface area contributed by atoms with Crippen LogP contribution in [0.4, 0.5) is 5.95 Å². The van der Waals surface area contributed by atoms with Crippen LogP contribution in [0.1, 0.15) is 18.5 Å². The zero-order valence-corrected chi connectivity index (χ0v) is 17.4. The molecule has 2 aromatic carbocycles. The van der Waals surface area contributed by atoms with Gasteiger partial charge in [0.2, 0.25) is 11.9 Å². The van der Waals surface area contributed by atoms with Crippen LogP contribution in [-0.4, -0.2) is 34.9 Å². The van der Waals surface area contributed by atoms with Gasteiger partial charge in [-0.2, -0.15) is 4.98 Å². The number of hydrogen-bond donors (Lipinski definition) is 2. The third-order valence-electron chi connectivity index (χ3n) is 4.95. The van der Waals surface area contributed by atoms with Gasteiger partial charge in [0.15, 0.2) is 17.3 Å². The highest BCUT2D eigenvalue weighted by Gasteiger charge is 2.35. The molecule has 4 rings (SSSR count). The van der Waals surface area contributed by atoms with Gasteiger partial charge in [-0.25, -0.2) is 4.68 Å². The van der Waals surface area contributed by atoms with E-state index in [1.54, 1.807) is 44.0 Å². The van der Waals surface area contributed by atoms with Crippen molar-refractivity contribution in [3.63, 3.8) is 0 Å². The molecule has 1 aliphatic rings. The number of primary amides is 1. The van der Waals surface area contributed by atoms with E-state index in [4.69, 9.17) is 26.8 Å². The zero-order chi connectivity index (χ0) is 21.4. The van der Waals surface area contributed by atoms with Crippen LogP contribution < -0.4 is 20.5 Å². The molecule has 2 heterocycles. The predicted octanol–water partition coefficient (Wildman–Crippen LogP) is 3.39. The Morgan fingerprint density at radius 2 is 1.90 bits per heavy atom. The molecule has 8 nitrogen and oxygen atoms in total. The van der Waals surface area contributed by atoms with Crippen molar-refractivity contribution in [1.29, 1.82) is 0 Å². The maximum atomic E-state index is 12.4. The summed E-state index contributed by atoms with van der Waals surface area (Å²) in [6, 6.07) is 12.0. The van der Waals surface area contributed by atoms with E-state index in [0.717, 1.165) is 5.56 Å². The van der Waals surface area contributed by atoms with Gasteiger partial charge in [-0.1, -0.05) is 23.7 Å². The van der Waals surface area contributed by atoms with Crippen LogP contribution in [0.2, 0.25) is 5.02 Å². The second kappa shape index (κ2) is 7.72. The average Bonchev–Trinajstić information content (AvgIpc) is 3.15. The number of aromatic nitrogens is 3. The SMILES string of the molecule is COc1cccc(C2C(C(N)=O)=C(C)Nc3nc(-c4ccc(Cl)cc4)nn32)c1OC. The van der Waals surface area contributed by atoms with Gasteiger partial charge in [0.1, 0.15) is 6.04 Å². The summed E-state index contributed by atoms with van der Waals surface area (Å²) in [5.74, 6) is 1.43. The van der Waals surface area contributed by atoms with Crippen LogP contribution in [-0.2, 0) is 4.79 Å². The van der Waals surface area contributed by atoms with Crippen molar-refractivity contribution in [3.8, 4) is 22.9 Å². The van der Waals surface area contributed by atoms with E-state index >= 15 is 0 Å². The second-order valence-electron chi connectivity index (χ2n) is 6.72. The fourth-order valence-electron chi connectivity index (χ4n) is 3.61. The molecule has 0 bridgehead atoms. The Morgan fingerprint density at radius 1 is 1.17 bits per heavy atom. The smallest absolute Gasteiger partial charge is 0.248 e. The minimum Gasteiger partial charge on any atom is -0.493 e. The Labute approximate surface area is 178 Å². The molecule has 1 aromatic heterocycles. The van der Waals surface area contributed by atoms with Gasteiger partial charge in [0.05, 0.1) is 19.8 Å². The molecule has 0 saturated heterocycles. The van der Waals surface area contributed by atoms with Crippen LogP contribution in [0.15, 0.2) is 53.7 Å². The fraction of sp³-hybridized carbons (Fsp3) is 0.190. The van der Waals surface area contributed by atoms with Crippen molar-refractivity contribution in [3.05, 3.63) is 64.3 Å². The van der Waals surface area contributed by atoms with Crippen LogP contribution in [0.3, 0.4) is 0 Å². The number of hydrogen-bond acceptors (Lipinski definition) is 6. The van der Waals surface area contributed by atoms with E-state index in [9.17, 15) is 4.79 Å². The number of methoxy groups -OCH3 is 2. The zero-order valence-electron chi connectivity index (χ0n) is 16.6. The highest BCUT2D eigenvalue weighted by Crippen LogP contribution is 2.43. The molecular formula is C21H20ClN5O3. The number of amides is 1. The minimum absolute atomic E-state index is 0.363. The molecule has 0 spiro atoms. The number of rotatable bonds is 5. The lowest BCUT2D eigenvalue weighted by Crippen LogP contribution is -2.32. The molecule has 9 heteroatoms. The van der Waals surface area contributed by atoms with Crippen molar-refractivity contribution in [2.75, 3.05) is 19.5 Å². The number of carbonyl (C=O) groups is 1. The lowest BCUT2D eigenvalue weighted by atomic mass is 9.94. The lowest BCUT2D eigenvalue weighted by Gasteiger charge is -2.29. The first-order valence-electron chi connectivity index (χ1n) is 9.15. The predicted molar refractivity (Wildman–Crippen MR) is 114 cm³/mol. The summed E-state index contributed by atoms with van der Waals surface area (Å²) in [7, 11) is 3.10. The van der Waals surface area contributed by atoms with E-state index in [2.05, 4.69) is 15.4 Å². The van der Waals surface area contributed by atoms with E-state index in [0.29, 0.717) is 45.1 Å². The Balaban J connectivity index is 1.93. The Morgan fingerprint density at radius 3 is 2.53 bits per heavy atom. The van der Waals surface area contributed by atoms with E-state index < -0.39 is 11.9 Å². The van der Waals surface area contributed by atoms with Crippen molar-refractivity contribution in [2.45, 2.75) is 13.0 Å². The Kier molecular flexibility index (Phi) is 5.09. The first kappa shape index (κ1) is 19.8. The van der Waals surface area contributed by atoms with Crippen LogP contribution in [0.25, 0.3) is 11.4 Å². The van der Waals surface area contributed by atoms with E-state index in [1.807, 2.05) is 24.3 Å². The summed E-state index contributed by atoms with van der Waals surface area (Å²) in [4.78, 5) is 17.0. The number of nitrogens with zero attached hydrogens (tertiary/aromatic N) is 3. The summed E-state index contributed by atoms with van der Waals surface area (Å²) in [6.07, 6.45) is 0. The molecule has 1 atom stereocenters. The molecule has 0 fully saturated rings. The Bertz CT molecular complexity index is 1150. The van der Waals surface area contributed by atoms with Crippen LogP contribution in [0.5, 0.6) is 11.5 Å². The molecule has 30 heavy (non-hydrogen) atoms. The molecule has 0 saturated carbocycles. The number of halogens is 1. The van der Waals surface area contributed by atoms with Gasteiger partial charge in [-0.3, -0.25) is 4.79 Å². The standard InChI is InChI=1S/C21H20ClN5O3/c1-11-16(19(23)28)17(14-5-4-6-15(29-2)18(14)30-3)27-21(24-11)25-20(26-27)12-7-9-13(22)10-8-12/h4-10,17H,1-3H3,(H2,23,28)(H,24,25,26). The van der Waals surface area contributed by atoms with Crippen molar-refractivity contribution in [2.24, 2.45) is 5.73 Å². The quantitative estimate of drug-likeness (QED) is 0.649. The number of nitrogens with one attached hydrogen (secondary N) is 1. The number of para-hydroxylation sites is 1. The number of ether oxygens (including phenoxy) is 2. The van der Waals surface area contributed by atoms with E-state index in [1.165, 1.54) is 0 Å². The van der Waals surface area contributed by atoms with Crippen molar-refractivity contribution in [1.82, 2.24) is 14.8 Å². The maximum absolute atomic E-state index is 12.4. The van der Waals surface area contributed by atoms with Crippen molar-refractivity contribution >= 4 is 23.5 Å². The number of nitrogens with two attached hydrogens (primary N) is 1. The monoisotopic (exact) mass is 425 g/mol. The summed E-state index contributed by atoms with van der Waals surface area (Å²) in [6.45, 7) is 1.78. The molecule has 0 aliphatic carbocycles. The number of allylic oxidation sites excluding steroid dienone is 1. The van der Waals surface area contributed by atoms with Crippen molar-refractivity contribution < 1.29 is 14.3 Å². The molecule has 1 amide bonds. The number of carbonyl (C=O) groups excluding carboxylic acids is 1. The molecule has 3 N–H and O–H groups in total. The van der Waals surface area contributed by atoms with Gasteiger partial charge < -0.3 is 20.5 Å². The molecular weight excluding hydrogens is 406 g/mol. The van der Waals surface area contributed by atoms with Gasteiger partial charge in [-0.15, -0.1) is 5.10 Å². The van der Waals surface area contributed by atoms with Gasteiger partial charge in [0, 0.05) is 21.8 Å². The normalized spacial score (nSPS) is 15.4. The van der Waals surface area contributed by atoms with E-state index in [-0.39, 0.29) is 0 Å².